The lowest BCUT2D eigenvalue weighted by molar-refractivity contribution is -0.137. The zero-order valence-electron chi connectivity index (χ0n) is 21.0. The topological polar surface area (TPSA) is 61.4 Å². The van der Waals surface area contributed by atoms with E-state index in [0.717, 1.165) is 29.1 Å². The molecule has 1 atom stereocenters. The number of rotatable bonds is 4. The molecule has 0 unspecified atom stereocenters. The maximum atomic E-state index is 13.6. The number of alkyl halides is 3. The smallest absolute Gasteiger partial charge is 0.378 e. The van der Waals surface area contributed by atoms with Crippen molar-refractivity contribution in [2.45, 2.75) is 45.7 Å². The number of benzene rings is 2. The monoisotopic (exact) mass is 497 g/mol. The third kappa shape index (κ3) is 5.03. The Kier molecular flexibility index (Phi) is 6.49. The number of nitrogens with one attached hydrogen (secondary N) is 2. The number of carbonyl (C=O) groups is 2. The van der Waals surface area contributed by atoms with Crippen LogP contribution in [-0.2, 0) is 15.8 Å². The van der Waals surface area contributed by atoms with Crippen molar-refractivity contribution in [2.75, 3.05) is 24.3 Å². The normalized spacial score (nSPS) is 19.6. The first-order valence-corrected chi connectivity index (χ1v) is 11.8. The summed E-state index contributed by atoms with van der Waals surface area (Å²) in [5.41, 5.74) is 2.94. The molecule has 8 heteroatoms. The first-order chi connectivity index (χ1) is 16.8. The number of allylic oxidation sites excluding steroid dienone is 3. The lowest BCUT2D eigenvalue weighted by atomic mass is 9.68. The summed E-state index contributed by atoms with van der Waals surface area (Å²) in [7, 11) is 3.84. The summed E-state index contributed by atoms with van der Waals surface area (Å²) in [6.45, 7) is 5.83. The predicted octanol–water partition coefficient (Wildman–Crippen LogP) is 6.01. The predicted molar refractivity (Wildman–Crippen MR) is 134 cm³/mol. The summed E-state index contributed by atoms with van der Waals surface area (Å²) in [6.07, 6.45) is -3.53. The molecular formula is C28H30F3N3O2. The molecule has 0 radical (unpaired) electrons. The van der Waals surface area contributed by atoms with E-state index >= 15 is 0 Å². The van der Waals surface area contributed by atoms with Crippen LogP contribution in [-0.4, -0.2) is 25.8 Å². The van der Waals surface area contributed by atoms with Crippen molar-refractivity contribution in [3.05, 3.63) is 82.2 Å². The molecule has 5 nitrogen and oxygen atoms in total. The van der Waals surface area contributed by atoms with Crippen molar-refractivity contribution in [3.8, 4) is 0 Å². The maximum Gasteiger partial charge on any atom is 0.416 e. The Hall–Kier alpha value is -3.55. The molecule has 36 heavy (non-hydrogen) atoms. The quantitative estimate of drug-likeness (QED) is 0.543. The van der Waals surface area contributed by atoms with Crippen LogP contribution in [0.5, 0.6) is 0 Å². The first-order valence-electron chi connectivity index (χ1n) is 11.8. The minimum Gasteiger partial charge on any atom is -0.378 e. The minimum absolute atomic E-state index is 0.0349. The van der Waals surface area contributed by atoms with Gasteiger partial charge in [0.1, 0.15) is 0 Å². The lowest BCUT2D eigenvalue weighted by Gasteiger charge is -2.39. The SMILES string of the molecule is CC1=C(C(=O)Nc2cccc(C(F)(F)F)c2)[C@@H](c2ccc(N(C)C)cc2)C2=C(CC(C)(C)CC2=O)N1. The molecule has 0 bridgehead atoms. The van der Waals surface area contributed by atoms with Gasteiger partial charge in [-0.3, -0.25) is 9.59 Å². The number of anilines is 2. The van der Waals surface area contributed by atoms with E-state index in [1.807, 2.05) is 57.1 Å². The third-order valence-corrected chi connectivity index (χ3v) is 6.67. The van der Waals surface area contributed by atoms with Crippen molar-refractivity contribution >= 4 is 23.1 Å². The fourth-order valence-electron chi connectivity index (χ4n) is 5.01. The summed E-state index contributed by atoms with van der Waals surface area (Å²) in [5.74, 6) is -1.22. The van der Waals surface area contributed by atoms with Gasteiger partial charge >= 0.3 is 6.18 Å². The van der Waals surface area contributed by atoms with Gasteiger partial charge < -0.3 is 15.5 Å². The van der Waals surface area contributed by atoms with Gasteiger partial charge in [-0.15, -0.1) is 0 Å². The van der Waals surface area contributed by atoms with E-state index < -0.39 is 23.6 Å². The van der Waals surface area contributed by atoms with Gasteiger partial charge in [-0.1, -0.05) is 32.0 Å². The highest BCUT2D eigenvalue weighted by atomic mass is 19.4. The number of hydrogen-bond acceptors (Lipinski definition) is 4. The number of dihydropyridines is 1. The van der Waals surface area contributed by atoms with Gasteiger partial charge in [0.05, 0.1) is 5.56 Å². The minimum atomic E-state index is -4.53. The number of Topliss-reactive ketones (excluding diaryl/α,β-unsaturated/α-hetero) is 1. The van der Waals surface area contributed by atoms with Crippen LogP contribution >= 0.6 is 0 Å². The summed E-state index contributed by atoms with van der Waals surface area (Å²) in [6, 6.07) is 12.2. The van der Waals surface area contributed by atoms with Crippen LogP contribution in [0.25, 0.3) is 0 Å². The number of halogens is 3. The second kappa shape index (κ2) is 9.15. The van der Waals surface area contributed by atoms with Gasteiger partial charge in [-0.25, -0.2) is 0 Å². The molecule has 2 aromatic carbocycles. The van der Waals surface area contributed by atoms with E-state index in [1.165, 1.54) is 12.1 Å². The molecule has 190 valence electrons. The Morgan fingerprint density at radius 1 is 1.08 bits per heavy atom. The lowest BCUT2D eigenvalue weighted by Crippen LogP contribution is -2.39. The van der Waals surface area contributed by atoms with Crippen molar-refractivity contribution in [1.29, 1.82) is 0 Å². The van der Waals surface area contributed by atoms with Crippen LogP contribution in [0.4, 0.5) is 24.5 Å². The number of carbonyl (C=O) groups excluding carboxylic acids is 2. The number of nitrogens with zero attached hydrogens (tertiary/aromatic N) is 1. The molecule has 1 heterocycles. The highest BCUT2D eigenvalue weighted by Gasteiger charge is 2.42. The van der Waals surface area contributed by atoms with Crippen LogP contribution in [0.1, 0.15) is 50.7 Å². The van der Waals surface area contributed by atoms with Crippen LogP contribution in [0.15, 0.2) is 71.1 Å². The zero-order chi connectivity index (χ0) is 26.4. The average Bonchev–Trinajstić information content (AvgIpc) is 2.76. The van der Waals surface area contributed by atoms with E-state index in [4.69, 9.17) is 0 Å². The fourth-order valence-corrected chi connectivity index (χ4v) is 5.01. The first kappa shape index (κ1) is 25.5. The van der Waals surface area contributed by atoms with Crippen LogP contribution in [0, 0.1) is 5.41 Å². The Morgan fingerprint density at radius 2 is 1.75 bits per heavy atom. The van der Waals surface area contributed by atoms with Crippen LogP contribution in [0.2, 0.25) is 0 Å². The van der Waals surface area contributed by atoms with E-state index in [1.54, 1.807) is 6.92 Å². The zero-order valence-corrected chi connectivity index (χ0v) is 21.0. The Balaban J connectivity index is 1.78. The van der Waals surface area contributed by atoms with Crippen LogP contribution < -0.4 is 15.5 Å². The summed E-state index contributed by atoms with van der Waals surface area (Å²) in [5, 5.41) is 5.91. The average molecular weight is 498 g/mol. The Morgan fingerprint density at radius 3 is 2.36 bits per heavy atom. The molecule has 0 fully saturated rings. The highest BCUT2D eigenvalue weighted by molar-refractivity contribution is 6.10. The molecule has 4 rings (SSSR count). The molecular weight excluding hydrogens is 467 g/mol. The maximum absolute atomic E-state index is 13.6. The van der Waals surface area contributed by atoms with Gasteiger partial charge in [0, 0.05) is 60.3 Å². The molecule has 1 aliphatic carbocycles. The number of ketones is 1. The van der Waals surface area contributed by atoms with Crippen molar-refractivity contribution in [2.24, 2.45) is 5.41 Å². The van der Waals surface area contributed by atoms with Crippen molar-refractivity contribution in [3.63, 3.8) is 0 Å². The van der Waals surface area contributed by atoms with Gasteiger partial charge in [-0.05, 0) is 54.7 Å². The Labute approximate surface area is 209 Å². The van der Waals surface area contributed by atoms with Gasteiger partial charge in [-0.2, -0.15) is 13.2 Å². The molecule has 1 aliphatic heterocycles. The van der Waals surface area contributed by atoms with Gasteiger partial charge in [0.15, 0.2) is 5.78 Å². The standard InChI is InChI=1S/C28H30F3N3O2/c1-16-23(26(36)33-19-8-6-7-18(13-19)28(29,30)31)24(17-9-11-20(12-10-17)34(4)5)25-21(32-16)14-27(2,3)15-22(25)35/h6-13,24,32H,14-15H2,1-5H3,(H,33,36)/t24-/m1/s1. The molecule has 2 aromatic rings. The summed E-state index contributed by atoms with van der Waals surface area (Å²) < 4.78 is 39.6. The fraction of sp³-hybridized carbons (Fsp3) is 0.357. The number of hydrogen-bond donors (Lipinski definition) is 2. The van der Waals surface area contributed by atoms with Gasteiger partial charge in [0.25, 0.3) is 5.91 Å². The molecule has 1 amide bonds. The summed E-state index contributed by atoms with van der Waals surface area (Å²) >= 11 is 0. The van der Waals surface area contributed by atoms with Crippen molar-refractivity contribution < 1.29 is 22.8 Å². The second-order valence-electron chi connectivity index (χ2n) is 10.4. The number of amides is 1. The molecule has 0 saturated carbocycles. The molecule has 0 saturated heterocycles. The molecule has 0 spiro atoms. The van der Waals surface area contributed by atoms with Crippen molar-refractivity contribution in [1.82, 2.24) is 5.32 Å². The second-order valence-corrected chi connectivity index (χ2v) is 10.4. The molecule has 2 N–H and O–H groups in total. The van der Waals surface area contributed by atoms with E-state index in [-0.39, 0.29) is 16.9 Å². The van der Waals surface area contributed by atoms with Crippen LogP contribution in [0.3, 0.4) is 0 Å². The Bertz CT molecular complexity index is 1270. The third-order valence-electron chi connectivity index (χ3n) is 6.67. The van der Waals surface area contributed by atoms with E-state index in [2.05, 4.69) is 10.6 Å². The molecule has 2 aliphatic rings. The van der Waals surface area contributed by atoms with E-state index in [9.17, 15) is 22.8 Å². The molecule has 0 aromatic heterocycles. The summed E-state index contributed by atoms with van der Waals surface area (Å²) in [4.78, 5) is 28.9. The highest BCUT2D eigenvalue weighted by Crippen LogP contribution is 2.47. The van der Waals surface area contributed by atoms with Gasteiger partial charge in [0.2, 0.25) is 0 Å². The largest absolute Gasteiger partial charge is 0.416 e. The van der Waals surface area contributed by atoms with E-state index in [0.29, 0.717) is 29.7 Å².